The van der Waals surface area contributed by atoms with Gasteiger partial charge in [-0.1, -0.05) is 18.2 Å². The van der Waals surface area contributed by atoms with Crippen molar-refractivity contribution in [1.29, 1.82) is 0 Å². The molecule has 152 valence electrons. The van der Waals surface area contributed by atoms with E-state index in [9.17, 15) is 9.18 Å². The highest BCUT2D eigenvalue weighted by Crippen LogP contribution is 2.16. The highest BCUT2D eigenvalue weighted by Gasteiger charge is 2.08. The van der Waals surface area contributed by atoms with Crippen molar-refractivity contribution in [3.63, 3.8) is 0 Å². The van der Waals surface area contributed by atoms with Crippen molar-refractivity contribution in [2.75, 3.05) is 26.2 Å². The maximum Gasteiger partial charge on any atom is 0.261 e. The van der Waals surface area contributed by atoms with Crippen LogP contribution in [0.1, 0.15) is 29.9 Å². The van der Waals surface area contributed by atoms with E-state index in [1.807, 2.05) is 25.3 Å². The van der Waals surface area contributed by atoms with Gasteiger partial charge in [-0.3, -0.25) is 4.79 Å². The first-order valence-corrected chi connectivity index (χ1v) is 10.2. The Kier molecular flexibility index (Phi) is 9.27. The minimum Gasteiger partial charge on any atom is -0.486 e. The first kappa shape index (κ1) is 21.7. The van der Waals surface area contributed by atoms with Crippen molar-refractivity contribution in [3.05, 3.63) is 52.5 Å². The smallest absolute Gasteiger partial charge is 0.261 e. The Balaban J connectivity index is 1.70. The fourth-order valence-electron chi connectivity index (χ4n) is 2.35. The van der Waals surface area contributed by atoms with E-state index in [1.165, 1.54) is 17.4 Å². The van der Waals surface area contributed by atoms with Gasteiger partial charge in [-0.05, 0) is 43.8 Å². The van der Waals surface area contributed by atoms with E-state index in [2.05, 4.69) is 20.9 Å². The number of aliphatic imine (C=N–C) groups is 1. The molecule has 0 radical (unpaired) electrons. The number of hydrogen-bond donors (Lipinski definition) is 3. The van der Waals surface area contributed by atoms with E-state index < -0.39 is 0 Å². The van der Waals surface area contributed by atoms with E-state index in [4.69, 9.17) is 4.74 Å². The van der Waals surface area contributed by atoms with Crippen molar-refractivity contribution in [2.45, 2.75) is 26.4 Å². The van der Waals surface area contributed by atoms with Gasteiger partial charge in [0, 0.05) is 19.6 Å². The Bertz CT molecular complexity index is 752. The van der Waals surface area contributed by atoms with Crippen LogP contribution < -0.4 is 20.7 Å². The zero-order valence-electron chi connectivity index (χ0n) is 16.2. The normalized spacial score (nSPS) is 12.3. The molecule has 1 aromatic carbocycles. The molecule has 2 aromatic rings. The molecule has 1 aromatic heterocycles. The third-order valence-corrected chi connectivity index (χ3v) is 4.56. The van der Waals surface area contributed by atoms with Crippen LogP contribution in [-0.4, -0.2) is 44.1 Å². The SMILES string of the molecule is CCNC(=NCC(C)Oc1ccccc1F)NCCCNC(=O)c1cccs1. The zero-order chi connectivity index (χ0) is 20.2. The van der Waals surface area contributed by atoms with Gasteiger partial charge in [0.2, 0.25) is 0 Å². The average Bonchev–Trinajstić information content (AvgIpc) is 3.22. The Hall–Kier alpha value is -2.61. The molecular weight excluding hydrogens is 379 g/mol. The number of rotatable bonds is 10. The van der Waals surface area contributed by atoms with Crippen LogP contribution in [0.5, 0.6) is 5.75 Å². The van der Waals surface area contributed by atoms with E-state index in [1.54, 1.807) is 24.3 Å². The molecule has 0 spiro atoms. The molecule has 28 heavy (non-hydrogen) atoms. The summed E-state index contributed by atoms with van der Waals surface area (Å²) >= 11 is 1.42. The number of benzene rings is 1. The molecule has 2 rings (SSSR count). The second kappa shape index (κ2) is 12.0. The molecule has 1 heterocycles. The molecule has 0 aliphatic rings. The summed E-state index contributed by atoms with van der Waals surface area (Å²) in [5.74, 6) is 0.461. The second-order valence-corrected chi connectivity index (χ2v) is 7.04. The molecule has 0 aliphatic heterocycles. The van der Waals surface area contributed by atoms with Gasteiger partial charge in [0.25, 0.3) is 5.91 Å². The number of halogens is 1. The topological polar surface area (TPSA) is 74.8 Å². The Morgan fingerprint density at radius 2 is 1.96 bits per heavy atom. The standard InChI is InChI=1S/C20H27FN4O2S/c1-3-22-20(24-12-7-11-23-19(26)18-10-6-13-28-18)25-14-15(2)27-17-9-5-4-8-16(17)21/h4-6,8-10,13,15H,3,7,11-12,14H2,1-2H3,(H,23,26)(H2,22,24,25). The monoisotopic (exact) mass is 406 g/mol. The van der Waals surface area contributed by atoms with Gasteiger partial charge < -0.3 is 20.7 Å². The lowest BCUT2D eigenvalue weighted by molar-refractivity contribution is 0.0957. The van der Waals surface area contributed by atoms with Crippen LogP contribution in [0.15, 0.2) is 46.8 Å². The van der Waals surface area contributed by atoms with Crippen LogP contribution in [0.25, 0.3) is 0 Å². The van der Waals surface area contributed by atoms with Gasteiger partial charge in [0.15, 0.2) is 17.5 Å². The first-order valence-electron chi connectivity index (χ1n) is 9.35. The quantitative estimate of drug-likeness (QED) is 0.322. The fraction of sp³-hybridized carbons (Fsp3) is 0.400. The van der Waals surface area contributed by atoms with E-state index >= 15 is 0 Å². The van der Waals surface area contributed by atoms with Crippen molar-refractivity contribution in [2.24, 2.45) is 4.99 Å². The number of carbonyl (C=O) groups is 1. The number of ether oxygens (including phenoxy) is 1. The molecule has 3 N–H and O–H groups in total. The number of nitrogens with one attached hydrogen (secondary N) is 3. The highest BCUT2D eigenvalue weighted by atomic mass is 32.1. The van der Waals surface area contributed by atoms with Gasteiger partial charge in [-0.25, -0.2) is 9.38 Å². The average molecular weight is 407 g/mol. The van der Waals surface area contributed by atoms with Crippen LogP contribution in [0.4, 0.5) is 4.39 Å². The molecule has 0 fully saturated rings. The third-order valence-electron chi connectivity index (χ3n) is 3.69. The van der Waals surface area contributed by atoms with Crippen LogP contribution in [0.2, 0.25) is 0 Å². The van der Waals surface area contributed by atoms with Crippen molar-refractivity contribution in [1.82, 2.24) is 16.0 Å². The van der Waals surface area contributed by atoms with E-state index in [0.29, 0.717) is 30.5 Å². The second-order valence-electron chi connectivity index (χ2n) is 6.09. The molecule has 0 saturated carbocycles. The summed E-state index contributed by atoms with van der Waals surface area (Å²) in [4.78, 5) is 17.0. The van der Waals surface area contributed by atoms with Crippen LogP contribution in [0.3, 0.4) is 0 Å². The number of nitrogens with zero attached hydrogens (tertiary/aromatic N) is 1. The van der Waals surface area contributed by atoms with Gasteiger partial charge in [-0.2, -0.15) is 0 Å². The summed E-state index contributed by atoms with van der Waals surface area (Å²) in [6.45, 7) is 6.19. The summed E-state index contributed by atoms with van der Waals surface area (Å²) in [7, 11) is 0. The molecular formula is C20H27FN4O2S. The van der Waals surface area contributed by atoms with Crippen molar-refractivity contribution >= 4 is 23.2 Å². The number of hydrogen-bond acceptors (Lipinski definition) is 4. The van der Waals surface area contributed by atoms with Gasteiger partial charge in [0.1, 0.15) is 6.10 Å². The minimum atomic E-state index is -0.382. The van der Waals surface area contributed by atoms with Gasteiger partial charge in [0.05, 0.1) is 11.4 Å². The number of thiophene rings is 1. The molecule has 0 aliphatic carbocycles. The predicted octanol–water partition coefficient (Wildman–Crippen LogP) is 3.03. The Morgan fingerprint density at radius 3 is 2.68 bits per heavy atom. The number of carbonyl (C=O) groups excluding carboxylic acids is 1. The maximum atomic E-state index is 13.6. The molecule has 0 saturated heterocycles. The lowest BCUT2D eigenvalue weighted by Gasteiger charge is -2.15. The fourth-order valence-corrected chi connectivity index (χ4v) is 2.99. The zero-order valence-corrected chi connectivity index (χ0v) is 17.0. The van der Waals surface area contributed by atoms with Crippen molar-refractivity contribution < 1.29 is 13.9 Å². The molecule has 1 atom stereocenters. The Morgan fingerprint density at radius 1 is 1.18 bits per heavy atom. The number of guanidine groups is 1. The van der Waals surface area contributed by atoms with E-state index in [-0.39, 0.29) is 23.6 Å². The summed E-state index contributed by atoms with van der Waals surface area (Å²) in [6, 6.07) is 9.99. The highest BCUT2D eigenvalue weighted by molar-refractivity contribution is 7.12. The lowest BCUT2D eigenvalue weighted by Crippen LogP contribution is -2.39. The molecule has 1 unspecified atom stereocenters. The van der Waals surface area contributed by atoms with Crippen molar-refractivity contribution in [3.8, 4) is 5.75 Å². The summed E-state index contributed by atoms with van der Waals surface area (Å²) < 4.78 is 19.2. The number of amides is 1. The molecule has 6 nitrogen and oxygen atoms in total. The minimum absolute atomic E-state index is 0.0466. The maximum absolute atomic E-state index is 13.6. The van der Waals surface area contributed by atoms with Crippen LogP contribution in [-0.2, 0) is 0 Å². The predicted molar refractivity (Wildman–Crippen MR) is 112 cm³/mol. The van der Waals surface area contributed by atoms with Crippen LogP contribution >= 0.6 is 11.3 Å². The molecule has 8 heteroatoms. The largest absolute Gasteiger partial charge is 0.486 e. The van der Waals surface area contributed by atoms with E-state index in [0.717, 1.165) is 13.0 Å². The summed E-state index contributed by atoms with van der Waals surface area (Å²) in [6.07, 6.45) is 0.500. The molecule has 1 amide bonds. The summed E-state index contributed by atoms with van der Waals surface area (Å²) in [5, 5.41) is 11.1. The van der Waals surface area contributed by atoms with Gasteiger partial charge in [-0.15, -0.1) is 11.3 Å². The first-order chi connectivity index (χ1) is 13.6. The third kappa shape index (κ3) is 7.56. The number of para-hydroxylation sites is 1. The van der Waals surface area contributed by atoms with Gasteiger partial charge >= 0.3 is 0 Å². The molecule has 0 bridgehead atoms. The Labute approximate surface area is 169 Å². The summed E-state index contributed by atoms with van der Waals surface area (Å²) in [5.41, 5.74) is 0. The lowest BCUT2D eigenvalue weighted by atomic mass is 10.3. The van der Waals surface area contributed by atoms with Crippen LogP contribution in [0, 0.1) is 5.82 Å².